The molecule has 2 aliphatic rings. The van der Waals surface area contributed by atoms with Crippen LogP contribution in [0, 0.1) is 5.92 Å². The molecule has 4 nitrogen and oxygen atoms in total. The summed E-state index contributed by atoms with van der Waals surface area (Å²) in [6.07, 6.45) is -2.69. The number of piperazine rings is 1. The van der Waals surface area contributed by atoms with Crippen LogP contribution >= 0.6 is 0 Å². The van der Waals surface area contributed by atoms with Crippen molar-refractivity contribution in [2.45, 2.75) is 25.2 Å². The van der Waals surface area contributed by atoms with Gasteiger partial charge in [0, 0.05) is 45.4 Å². The van der Waals surface area contributed by atoms with Gasteiger partial charge < -0.3 is 14.8 Å². The molecular formula is C17H23F3N2O2. The van der Waals surface area contributed by atoms with Crippen LogP contribution in [-0.2, 0) is 4.74 Å². The Hall–Kier alpha value is -1.31. The van der Waals surface area contributed by atoms with Gasteiger partial charge in [0.15, 0.2) is 0 Å². The molecule has 0 bridgehead atoms. The Morgan fingerprint density at radius 1 is 1.08 bits per heavy atom. The maximum atomic E-state index is 12.3. The van der Waals surface area contributed by atoms with Crippen LogP contribution in [0.1, 0.15) is 24.4 Å². The summed E-state index contributed by atoms with van der Waals surface area (Å²) < 4.78 is 46.4. The summed E-state index contributed by atoms with van der Waals surface area (Å²) >= 11 is 0. The van der Waals surface area contributed by atoms with Crippen LogP contribution in [-0.4, -0.2) is 50.7 Å². The predicted molar refractivity (Wildman–Crippen MR) is 83.9 cm³/mol. The van der Waals surface area contributed by atoms with Crippen molar-refractivity contribution in [3.05, 3.63) is 29.8 Å². The number of nitrogens with zero attached hydrogens (tertiary/aromatic N) is 1. The lowest BCUT2D eigenvalue weighted by Gasteiger charge is -2.41. The summed E-state index contributed by atoms with van der Waals surface area (Å²) in [6, 6.07) is 6.58. The third kappa shape index (κ3) is 4.62. The van der Waals surface area contributed by atoms with Gasteiger partial charge in [0.1, 0.15) is 5.75 Å². The Morgan fingerprint density at radius 2 is 1.71 bits per heavy atom. The van der Waals surface area contributed by atoms with Gasteiger partial charge in [0.25, 0.3) is 0 Å². The number of alkyl halides is 3. The normalized spacial score (nSPS) is 22.3. The SMILES string of the molecule is FC(F)(F)Oc1ccc([C@H](C2CCOCC2)N2CCNCC2)cc1. The van der Waals surface area contributed by atoms with Crippen molar-refractivity contribution in [3.63, 3.8) is 0 Å². The zero-order chi connectivity index (χ0) is 17.0. The quantitative estimate of drug-likeness (QED) is 0.911. The maximum absolute atomic E-state index is 12.3. The second-order valence-corrected chi connectivity index (χ2v) is 6.30. The van der Waals surface area contributed by atoms with Crippen LogP contribution in [0.4, 0.5) is 13.2 Å². The highest BCUT2D eigenvalue weighted by Crippen LogP contribution is 2.36. The minimum atomic E-state index is -4.65. The Balaban J connectivity index is 1.78. The lowest BCUT2D eigenvalue weighted by atomic mass is 9.85. The summed E-state index contributed by atoms with van der Waals surface area (Å²) in [5, 5.41) is 3.35. The van der Waals surface area contributed by atoms with Crippen LogP contribution in [0.15, 0.2) is 24.3 Å². The summed E-state index contributed by atoms with van der Waals surface area (Å²) in [7, 11) is 0. The van der Waals surface area contributed by atoms with Crippen molar-refractivity contribution >= 4 is 0 Å². The molecule has 0 saturated carbocycles. The van der Waals surface area contributed by atoms with E-state index in [1.165, 1.54) is 12.1 Å². The highest BCUT2D eigenvalue weighted by atomic mass is 19.4. The maximum Gasteiger partial charge on any atom is 0.573 e. The zero-order valence-electron chi connectivity index (χ0n) is 13.5. The van der Waals surface area contributed by atoms with Gasteiger partial charge in [-0.3, -0.25) is 4.90 Å². The van der Waals surface area contributed by atoms with Gasteiger partial charge in [0.2, 0.25) is 0 Å². The molecule has 2 heterocycles. The molecule has 24 heavy (non-hydrogen) atoms. The fraction of sp³-hybridized carbons (Fsp3) is 0.647. The van der Waals surface area contributed by atoms with Gasteiger partial charge in [-0.05, 0) is 36.5 Å². The van der Waals surface area contributed by atoms with Crippen molar-refractivity contribution in [1.29, 1.82) is 0 Å². The zero-order valence-corrected chi connectivity index (χ0v) is 13.5. The summed E-state index contributed by atoms with van der Waals surface area (Å²) in [5.74, 6) is 0.295. The Kier molecular flexibility index (Phi) is 5.63. The molecular weight excluding hydrogens is 321 g/mol. The Labute approximate surface area is 139 Å². The van der Waals surface area contributed by atoms with Gasteiger partial charge in [-0.1, -0.05) is 12.1 Å². The van der Waals surface area contributed by atoms with Gasteiger partial charge in [-0.25, -0.2) is 0 Å². The lowest BCUT2D eigenvalue weighted by Crippen LogP contribution is -2.47. The first-order valence-electron chi connectivity index (χ1n) is 8.41. The molecule has 7 heteroatoms. The molecule has 134 valence electrons. The fourth-order valence-corrected chi connectivity index (χ4v) is 3.64. The van der Waals surface area contributed by atoms with Gasteiger partial charge in [-0.15, -0.1) is 13.2 Å². The predicted octanol–water partition coefficient (Wildman–Crippen LogP) is 2.96. The van der Waals surface area contributed by atoms with E-state index < -0.39 is 6.36 Å². The average Bonchev–Trinajstić information content (AvgIpc) is 2.57. The molecule has 0 amide bonds. The molecule has 1 N–H and O–H groups in total. The number of halogens is 3. The van der Waals surface area contributed by atoms with E-state index in [0.29, 0.717) is 5.92 Å². The molecule has 1 aromatic carbocycles. The summed E-state index contributed by atoms with van der Waals surface area (Å²) in [4.78, 5) is 2.44. The van der Waals surface area contributed by atoms with Crippen molar-refractivity contribution in [2.75, 3.05) is 39.4 Å². The van der Waals surface area contributed by atoms with E-state index in [2.05, 4.69) is 15.0 Å². The third-order valence-electron chi connectivity index (χ3n) is 4.71. The monoisotopic (exact) mass is 344 g/mol. The number of nitrogens with one attached hydrogen (secondary N) is 1. The minimum absolute atomic E-state index is 0.169. The Morgan fingerprint density at radius 3 is 2.29 bits per heavy atom. The second-order valence-electron chi connectivity index (χ2n) is 6.30. The van der Waals surface area contributed by atoms with Crippen molar-refractivity contribution < 1.29 is 22.6 Å². The summed E-state index contributed by atoms with van der Waals surface area (Å²) in [6.45, 7) is 5.28. The van der Waals surface area contributed by atoms with E-state index in [9.17, 15) is 13.2 Å². The second kappa shape index (κ2) is 7.72. The highest BCUT2D eigenvalue weighted by Gasteiger charge is 2.33. The van der Waals surface area contributed by atoms with Gasteiger partial charge >= 0.3 is 6.36 Å². The van der Waals surface area contributed by atoms with E-state index in [4.69, 9.17) is 4.74 Å². The van der Waals surface area contributed by atoms with E-state index in [-0.39, 0.29) is 11.8 Å². The van der Waals surface area contributed by atoms with Crippen LogP contribution in [0.3, 0.4) is 0 Å². The van der Waals surface area contributed by atoms with Crippen LogP contribution < -0.4 is 10.1 Å². The van der Waals surface area contributed by atoms with Crippen LogP contribution in [0.5, 0.6) is 5.75 Å². The first kappa shape index (κ1) is 17.5. The largest absolute Gasteiger partial charge is 0.573 e. The molecule has 2 aliphatic heterocycles. The van der Waals surface area contributed by atoms with Gasteiger partial charge in [0.05, 0.1) is 0 Å². The molecule has 0 radical (unpaired) electrons. The summed E-state index contributed by atoms with van der Waals surface area (Å²) in [5.41, 5.74) is 1.05. The third-order valence-corrected chi connectivity index (χ3v) is 4.71. The number of hydrogen-bond donors (Lipinski definition) is 1. The first-order valence-corrected chi connectivity index (χ1v) is 8.41. The molecule has 0 spiro atoms. The van der Waals surface area contributed by atoms with E-state index in [1.807, 2.05) is 0 Å². The standard InChI is InChI=1S/C17H23F3N2O2/c18-17(19,20)24-15-3-1-13(2-4-15)16(14-5-11-23-12-6-14)22-9-7-21-8-10-22/h1-4,14,16,21H,5-12H2/t16-/m1/s1. The first-order chi connectivity index (χ1) is 11.5. The number of ether oxygens (including phenoxy) is 2. The molecule has 0 unspecified atom stereocenters. The highest BCUT2D eigenvalue weighted by molar-refractivity contribution is 5.30. The molecule has 1 atom stereocenters. The van der Waals surface area contributed by atoms with Crippen molar-refractivity contribution in [2.24, 2.45) is 5.92 Å². The molecule has 2 fully saturated rings. The fourth-order valence-electron chi connectivity index (χ4n) is 3.64. The molecule has 1 aromatic rings. The molecule has 2 saturated heterocycles. The van der Waals surface area contributed by atoms with Gasteiger partial charge in [-0.2, -0.15) is 0 Å². The number of hydrogen-bond acceptors (Lipinski definition) is 4. The Bertz CT molecular complexity index is 492. The molecule has 3 rings (SSSR count). The van der Waals surface area contributed by atoms with Crippen LogP contribution in [0.25, 0.3) is 0 Å². The smallest absolute Gasteiger partial charge is 0.406 e. The van der Waals surface area contributed by atoms with E-state index in [0.717, 1.165) is 57.8 Å². The number of rotatable bonds is 4. The van der Waals surface area contributed by atoms with Crippen molar-refractivity contribution in [1.82, 2.24) is 10.2 Å². The number of benzene rings is 1. The van der Waals surface area contributed by atoms with E-state index in [1.54, 1.807) is 12.1 Å². The van der Waals surface area contributed by atoms with E-state index >= 15 is 0 Å². The van der Waals surface area contributed by atoms with Crippen LogP contribution in [0.2, 0.25) is 0 Å². The average molecular weight is 344 g/mol. The molecule has 0 aromatic heterocycles. The van der Waals surface area contributed by atoms with Crippen molar-refractivity contribution in [3.8, 4) is 5.75 Å². The molecule has 0 aliphatic carbocycles. The topological polar surface area (TPSA) is 33.7 Å². The lowest BCUT2D eigenvalue weighted by molar-refractivity contribution is -0.274. The minimum Gasteiger partial charge on any atom is -0.406 e.